The maximum absolute atomic E-state index is 12.1. The van der Waals surface area contributed by atoms with Gasteiger partial charge in [0.25, 0.3) is 0 Å². The van der Waals surface area contributed by atoms with Crippen LogP contribution in [-0.4, -0.2) is 12.2 Å². The highest BCUT2D eigenvalue weighted by Gasteiger charge is 2.43. The summed E-state index contributed by atoms with van der Waals surface area (Å²) >= 11 is 0. The van der Waals surface area contributed by atoms with Crippen LogP contribution in [-0.2, 0) is 0 Å². The van der Waals surface area contributed by atoms with E-state index in [-0.39, 0.29) is 12.8 Å². The molecule has 0 aromatic rings. The largest absolute Gasteiger partial charge is 0.392 e. The second-order valence-electron chi connectivity index (χ2n) is 3.19. The normalized spacial score (nSPS) is 31.2. The van der Waals surface area contributed by atoms with E-state index in [0.29, 0.717) is 12.8 Å². The molecule has 2 atom stereocenters. The van der Waals surface area contributed by atoms with Gasteiger partial charge in [-0.05, 0) is 12.8 Å². The lowest BCUT2D eigenvalue weighted by Crippen LogP contribution is -2.29. The first-order chi connectivity index (χ1) is 5.54. The van der Waals surface area contributed by atoms with Gasteiger partial charge < -0.3 is 4.85 Å². The van der Waals surface area contributed by atoms with Crippen molar-refractivity contribution in [2.45, 2.75) is 37.9 Å². The summed E-state index contributed by atoms with van der Waals surface area (Å²) in [5.74, 6) is -1.23. The zero-order valence-electron chi connectivity index (χ0n) is 6.56. The zero-order valence-corrected chi connectivity index (χ0v) is 6.56. The molecule has 1 nitrogen and oxygen atoms in total. The van der Waals surface area contributed by atoms with Crippen LogP contribution in [0.4, 0.5) is 13.2 Å². The van der Waals surface area contributed by atoms with Crippen molar-refractivity contribution in [3.8, 4) is 0 Å². The topological polar surface area (TPSA) is 4.36 Å². The van der Waals surface area contributed by atoms with Crippen LogP contribution in [0.1, 0.15) is 25.7 Å². The van der Waals surface area contributed by atoms with Gasteiger partial charge in [-0.3, -0.25) is 0 Å². The molecule has 0 radical (unpaired) electrons. The van der Waals surface area contributed by atoms with Crippen molar-refractivity contribution in [1.29, 1.82) is 0 Å². The Bertz CT molecular complexity index is 191. The van der Waals surface area contributed by atoms with Crippen molar-refractivity contribution in [2.24, 2.45) is 5.92 Å². The Labute approximate surface area is 69.4 Å². The quantitative estimate of drug-likeness (QED) is 0.501. The molecule has 0 amide bonds. The minimum absolute atomic E-state index is 0.00694. The van der Waals surface area contributed by atoms with E-state index >= 15 is 0 Å². The molecule has 0 aromatic heterocycles. The molecular weight excluding hydrogens is 167 g/mol. The van der Waals surface area contributed by atoms with Gasteiger partial charge in [-0.15, -0.1) is 0 Å². The van der Waals surface area contributed by atoms with Crippen molar-refractivity contribution in [2.75, 3.05) is 0 Å². The summed E-state index contributed by atoms with van der Waals surface area (Å²) in [6.45, 7) is 6.65. The van der Waals surface area contributed by atoms with E-state index in [1.54, 1.807) is 0 Å². The highest BCUT2D eigenvalue weighted by atomic mass is 19.4. The zero-order chi connectivity index (χ0) is 9.19. The fourth-order valence-electron chi connectivity index (χ4n) is 1.58. The Kier molecular flexibility index (Phi) is 2.61. The molecule has 0 spiro atoms. The Hall–Kier alpha value is -0.720. The number of halogens is 3. The Morgan fingerprint density at radius 1 is 1.25 bits per heavy atom. The molecule has 12 heavy (non-hydrogen) atoms. The van der Waals surface area contributed by atoms with Gasteiger partial charge in [0.1, 0.15) is 0 Å². The van der Waals surface area contributed by atoms with Crippen LogP contribution in [0.5, 0.6) is 0 Å². The van der Waals surface area contributed by atoms with Gasteiger partial charge in [0, 0.05) is 12.8 Å². The summed E-state index contributed by atoms with van der Waals surface area (Å²) in [5.41, 5.74) is 0. The maximum Gasteiger partial charge on any atom is 0.392 e. The number of hydrogen-bond acceptors (Lipinski definition) is 0. The predicted molar refractivity (Wildman–Crippen MR) is 38.4 cm³/mol. The van der Waals surface area contributed by atoms with Crippen LogP contribution in [0.15, 0.2) is 0 Å². The smallest absolute Gasteiger partial charge is 0.314 e. The monoisotopic (exact) mass is 177 g/mol. The standard InChI is InChI=1S/C8H10F3N/c1-12-7-4-2-3-6(5-7)8(9,10)11/h6-7H,2-5H2. The molecule has 2 unspecified atom stereocenters. The molecule has 0 heterocycles. The fourth-order valence-corrected chi connectivity index (χ4v) is 1.58. The van der Waals surface area contributed by atoms with Gasteiger partial charge in [0.2, 0.25) is 6.04 Å². The Morgan fingerprint density at radius 3 is 2.42 bits per heavy atom. The molecule has 4 heteroatoms. The molecule has 1 fully saturated rings. The molecule has 0 aromatic carbocycles. The van der Waals surface area contributed by atoms with Crippen molar-refractivity contribution >= 4 is 0 Å². The average molecular weight is 177 g/mol. The Morgan fingerprint density at radius 2 is 1.92 bits per heavy atom. The van der Waals surface area contributed by atoms with Crippen molar-refractivity contribution in [3.63, 3.8) is 0 Å². The second-order valence-corrected chi connectivity index (χ2v) is 3.19. The van der Waals surface area contributed by atoms with Crippen LogP contribution >= 0.6 is 0 Å². The minimum Gasteiger partial charge on any atom is -0.314 e. The van der Waals surface area contributed by atoms with Gasteiger partial charge in [0.05, 0.1) is 5.92 Å². The first-order valence-electron chi connectivity index (χ1n) is 3.97. The molecule has 1 saturated carbocycles. The van der Waals surface area contributed by atoms with E-state index in [1.165, 1.54) is 0 Å². The summed E-state index contributed by atoms with van der Waals surface area (Å²) in [6.07, 6.45) is -2.71. The third kappa shape index (κ3) is 2.13. The second kappa shape index (κ2) is 3.34. The fraction of sp³-hybridized carbons (Fsp3) is 0.875. The minimum atomic E-state index is -4.09. The third-order valence-corrected chi connectivity index (χ3v) is 2.29. The van der Waals surface area contributed by atoms with Gasteiger partial charge in [-0.2, -0.15) is 13.2 Å². The van der Waals surface area contributed by atoms with E-state index in [4.69, 9.17) is 6.57 Å². The molecule has 0 saturated heterocycles. The molecule has 68 valence electrons. The first-order valence-corrected chi connectivity index (χ1v) is 3.97. The van der Waals surface area contributed by atoms with Crippen LogP contribution in [0, 0.1) is 12.5 Å². The van der Waals surface area contributed by atoms with Crippen LogP contribution in [0.2, 0.25) is 0 Å². The lowest BCUT2D eigenvalue weighted by molar-refractivity contribution is -0.182. The van der Waals surface area contributed by atoms with E-state index in [0.717, 1.165) is 0 Å². The molecule has 1 rings (SSSR count). The number of nitrogens with zero attached hydrogens (tertiary/aromatic N) is 1. The molecular formula is C8H10F3N. The van der Waals surface area contributed by atoms with E-state index in [9.17, 15) is 13.2 Å². The summed E-state index contributed by atoms with van der Waals surface area (Å²) in [7, 11) is 0. The van der Waals surface area contributed by atoms with Crippen LogP contribution in [0.25, 0.3) is 4.85 Å². The van der Waals surface area contributed by atoms with Crippen molar-refractivity contribution in [3.05, 3.63) is 11.4 Å². The third-order valence-electron chi connectivity index (χ3n) is 2.29. The molecule has 0 aliphatic heterocycles. The Balaban J connectivity index is 2.53. The summed E-state index contributed by atoms with van der Waals surface area (Å²) in [6, 6.07) is -0.398. The summed E-state index contributed by atoms with van der Waals surface area (Å²) < 4.78 is 36.4. The van der Waals surface area contributed by atoms with Crippen LogP contribution < -0.4 is 0 Å². The lowest BCUT2D eigenvalue weighted by Gasteiger charge is -2.24. The SMILES string of the molecule is [C-]#[N+]C1CCCC(C(F)(F)F)C1. The first kappa shape index (κ1) is 9.37. The van der Waals surface area contributed by atoms with Gasteiger partial charge >= 0.3 is 6.18 Å². The molecule has 1 aliphatic carbocycles. The van der Waals surface area contributed by atoms with Gasteiger partial charge in [0.15, 0.2) is 0 Å². The summed E-state index contributed by atoms with van der Waals surface area (Å²) in [5, 5.41) is 0. The van der Waals surface area contributed by atoms with E-state index in [2.05, 4.69) is 4.85 Å². The average Bonchev–Trinajstić information content (AvgIpc) is 2.03. The highest BCUT2D eigenvalue weighted by molar-refractivity contribution is 4.87. The van der Waals surface area contributed by atoms with Gasteiger partial charge in [-0.1, -0.05) is 0 Å². The molecule has 0 bridgehead atoms. The lowest BCUT2D eigenvalue weighted by atomic mass is 9.86. The van der Waals surface area contributed by atoms with Crippen molar-refractivity contribution < 1.29 is 13.2 Å². The number of hydrogen-bond donors (Lipinski definition) is 0. The molecule has 1 aliphatic rings. The highest BCUT2D eigenvalue weighted by Crippen LogP contribution is 2.38. The van der Waals surface area contributed by atoms with Gasteiger partial charge in [-0.25, -0.2) is 6.57 Å². The predicted octanol–water partition coefficient (Wildman–Crippen LogP) is 3.03. The number of rotatable bonds is 0. The van der Waals surface area contributed by atoms with Crippen molar-refractivity contribution in [1.82, 2.24) is 0 Å². The summed E-state index contributed by atoms with van der Waals surface area (Å²) in [4.78, 5) is 3.16. The molecule has 0 N–H and O–H groups in total. The van der Waals surface area contributed by atoms with Crippen LogP contribution in [0.3, 0.4) is 0 Å². The maximum atomic E-state index is 12.1. The number of alkyl halides is 3. The van der Waals surface area contributed by atoms with E-state index < -0.39 is 18.1 Å². The van der Waals surface area contributed by atoms with E-state index in [1.807, 2.05) is 0 Å².